The van der Waals surface area contributed by atoms with Crippen LogP contribution >= 0.6 is 0 Å². The second-order valence-electron chi connectivity index (χ2n) is 9.76. The molecule has 2 N–H and O–H groups in total. The molecule has 1 aromatic heterocycles. The second-order valence-corrected chi connectivity index (χ2v) is 9.76. The van der Waals surface area contributed by atoms with E-state index in [9.17, 15) is 9.59 Å². The summed E-state index contributed by atoms with van der Waals surface area (Å²) in [4.78, 5) is 32.7. The van der Waals surface area contributed by atoms with E-state index in [2.05, 4.69) is 54.3 Å². The predicted octanol–water partition coefficient (Wildman–Crippen LogP) is 3.26. The van der Waals surface area contributed by atoms with E-state index < -0.39 is 5.91 Å². The van der Waals surface area contributed by atoms with Crippen molar-refractivity contribution in [2.24, 2.45) is 11.1 Å². The van der Waals surface area contributed by atoms with Gasteiger partial charge in [-0.05, 0) is 64.1 Å². The summed E-state index contributed by atoms with van der Waals surface area (Å²) in [6, 6.07) is 10.8. The molecule has 2 heterocycles. The number of carbonyl (C=O) groups excluding carboxylic acids is 2. The quantitative estimate of drug-likeness (QED) is 0.716. The number of hydrogen-bond donors (Lipinski definition) is 1. The molecule has 2 aromatic rings. The zero-order valence-electron chi connectivity index (χ0n) is 19.4. The second kappa shape index (κ2) is 8.70. The number of hydrogen-bond acceptors (Lipinski definition) is 5. The van der Waals surface area contributed by atoms with Gasteiger partial charge in [-0.25, -0.2) is 4.98 Å². The van der Waals surface area contributed by atoms with Crippen LogP contribution in [-0.2, 0) is 16.8 Å². The van der Waals surface area contributed by atoms with E-state index in [0.717, 1.165) is 38.6 Å². The Morgan fingerprint density at radius 2 is 1.88 bits per heavy atom. The fourth-order valence-corrected chi connectivity index (χ4v) is 5.66. The molecule has 1 aromatic carbocycles. The maximum Gasteiger partial charge on any atom is 0.270 e. The molecule has 4 rings (SSSR count). The Labute approximate surface area is 190 Å². The lowest BCUT2D eigenvalue weighted by molar-refractivity contribution is -0.127. The molecule has 172 valence electrons. The Balaban J connectivity index is 1.35. The topological polar surface area (TPSA) is 92.7 Å². The molecule has 1 saturated carbocycles. The molecule has 2 fully saturated rings. The predicted molar refractivity (Wildman–Crippen MR) is 122 cm³/mol. The molecule has 0 atom stereocenters. The molecule has 1 spiro atoms. The number of nitrogens with two attached hydrogens (primary N) is 1. The molecular formula is C25H34N4O3. The first kappa shape index (κ1) is 22.5. The summed E-state index contributed by atoms with van der Waals surface area (Å²) in [5.41, 5.74) is 7.01. The Bertz CT molecular complexity index is 974. The van der Waals surface area contributed by atoms with Crippen molar-refractivity contribution in [2.75, 3.05) is 27.2 Å². The molecule has 7 nitrogen and oxygen atoms in total. The SMILES string of the molecule is Cc1oc(CCCN2CC3(CCC(c4ccccc4)(N(C)C)CC3)CC2=O)nc1C(N)=O. The highest BCUT2D eigenvalue weighted by molar-refractivity contribution is 5.91. The van der Waals surface area contributed by atoms with Crippen LogP contribution < -0.4 is 5.73 Å². The summed E-state index contributed by atoms with van der Waals surface area (Å²) in [5, 5.41) is 0. The zero-order chi connectivity index (χ0) is 22.9. The lowest BCUT2D eigenvalue weighted by Crippen LogP contribution is -2.47. The van der Waals surface area contributed by atoms with Crippen molar-refractivity contribution < 1.29 is 14.0 Å². The third-order valence-electron chi connectivity index (χ3n) is 7.60. The summed E-state index contributed by atoms with van der Waals surface area (Å²) in [6.07, 6.45) is 6.24. The highest BCUT2D eigenvalue weighted by Crippen LogP contribution is 2.52. The number of oxazole rings is 1. The monoisotopic (exact) mass is 438 g/mol. The van der Waals surface area contributed by atoms with Crippen molar-refractivity contribution in [2.45, 2.75) is 57.4 Å². The molecule has 0 bridgehead atoms. The van der Waals surface area contributed by atoms with Crippen molar-refractivity contribution in [3.8, 4) is 0 Å². The molecule has 7 heteroatoms. The molecule has 32 heavy (non-hydrogen) atoms. The summed E-state index contributed by atoms with van der Waals surface area (Å²) < 4.78 is 5.54. The Kier molecular flexibility index (Phi) is 6.12. The van der Waals surface area contributed by atoms with Crippen molar-refractivity contribution in [3.05, 3.63) is 53.2 Å². The normalized spacial score (nSPS) is 25.8. The minimum Gasteiger partial charge on any atom is -0.445 e. The zero-order valence-corrected chi connectivity index (χ0v) is 19.4. The molecular weight excluding hydrogens is 404 g/mol. The van der Waals surface area contributed by atoms with Crippen LogP contribution in [0.25, 0.3) is 0 Å². The fraction of sp³-hybridized carbons (Fsp3) is 0.560. The van der Waals surface area contributed by atoms with Crippen LogP contribution in [0.4, 0.5) is 0 Å². The number of primary amides is 1. The summed E-state index contributed by atoms with van der Waals surface area (Å²) in [7, 11) is 4.34. The third-order valence-corrected chi connectivity index (χ3v) is 7.60. The van der Waals surface area contributed by atoms with Crippen LogP contribution in [0.15, 0.2) is 34.7 Å². The summed E-state index contributed by atoms with van der Waals surface area (Å²) in [6.45, 7) is 3.21. The van der Waals surface area contributed by atoms with Gasteiger partial charge >= 0.3 is 0 Å². The average Bonchev–Trinajstić information content (AvgIpc) is 3.29. The number of benzene rings is 1. The molecule has 1 aliphatic heterocycles. The molecule has 2 aliphatic rings. The molecule has 0 unspecified atom stereocenters. The van der Waals surface area contributed by atoms with Gasteiger partial charge in [0.2, 0.25) is 5.91 Å². The first-order valence-electron chi connectivity index (χ1n) is 11.5. The Morgan fingerprint density at radius 3 is 2.47 bits per heavy atom. The number of nitrogens with zero attached hydrogens (tertiary/aromatic N) is 3. The van der Waals surface area contributed by atoms with Gasteiger partial charge in [0.25, 0.3) is 5.91 Å². The maximum absolute atomic E-state index is 12.8. The van der Waals surface area contributed by atoms with Gasteiger partial charge in [0, 0.05) is 31.5 Å². The van der Waals surface area contributed by atoms with E-state index in [1.165, 1.54) is 5.56 Å². The van der Waals surface area contributed by atoms with E-state index in [4.69, 9.17) is 10.2 Å². The Morgan fingerprint density at radius 1 is 1.19 bits per heavy atom. The first-order chi connectivity index (χ1) is 15.2. The highest BCUT2D eigenvalue weighted by atomic mass is 16.4. The highest BCUT2D eigenvalue weighted by Gasteiger charge is 2.49. The number of carbonyl (C=O) groups is 2. The van der Waals surface area contributed by atoms with E-state index in [-0.39, 0.29) is 22.6 Å². The standard InChI is InChI=1S/C25H34N4O3/c1-18-22(23(26)31)27-20(32-18)10-7-15-29-17-24(16-21(29)30)11-13-25(14-12-24,28(2)3)19-8-5-4-6-9-19/h4-6,8-9H,7,10-17H2,1-3H3,(H2,26,31). The smallest absolute Gasteiger partial charge is 0.270 e. The number of rotatable bonds is 7. The largest absolute Gasteiger partial charge is 0.445 e. The molecule has 1 aliphatic carbocycles. The van der Waals surface area contributed by atoms with Crippen LogP contribution in [0.5, 0.6) is 0 Å². The van der Waals surface area contributed by atoms with Crippen molar-refractivity contribution in [1.82, 2.24) is 14.8 Å². The van der Waals surface area contributed by atoms with Gasteiger partial charge in [-0.3, -0.25) is 14.5 Å². The molecule has 1 saturated heterocycles. The minimum absolute atomic E-state index is 0.0456. The van der Waals surface area contributed by atoms with Crippen molar-refractivity contribution in [1.29, 1.82) is 0 Å². The number of likely N-dealkylation sites (tertiary alicyclic amines) is 1. The lowest BCUT2D eigenvalue weighted by atomic mass is 9.64. The molecule has 2 amide bonds. The molecule has 0 radical (unpaired) electrons. The minimum atomic E-state index is -0.573. The number of aryl methyl sites for hydroxylation is 2. The third kappa shape index (κ3) is 4.18. The van der Waals surface area contributed by atoms with E-state index in [1.54, 1.807) is 6.92 Å². The lowest BCUT2D eigenvalue weighted by Gasteiger charge is -2.48. The van der Waals surface area contributed by atoms with Crippen molar-refractivity contribution >= 4 is 11.8 Å². The van der Waals surface area contributed by atoms with Crippen LogP contribution in [0, 0.1) is 12.3 Å². The number of aromatic nitrogens is 1. The summed E-state index contributed by atoms with van der Waals surface area (Å²) >= 11 is 0. The Hall–Kier alpha value is -2.67. The van der Waals surface area contributed by atoms with Crippen LogP contribution in [0.2, 0.25) is 0 Å². The van der Waals surface area contributed by atoms with E-state index in [0.29, 0.717) is 31.0 Å². The van der Waals surface area contributed by atoms with Gasteiger partial charge in [0.15, 0.2) is 11.6 Å². The van der Waals surface area contributed by atoms with Crippen molar-refractivity contribution in [3.63, 3.8) is 0 Å². The van der Waals surface area contributed by atoms with Gasteiger partial charge in [-0.1, -0.05) is 30.3 Å². The van der Waals surface area contributed by atoms with Gasteiger partial charge in [-0.15, -0.1) is 0 Å². The van der Waals surface area contributed by atoms with Gasteiger partial charge in [0.05, 0.1) is 0 Å². The van der Waals surface area contributed by atoms with Gasteiger partial charge in [-0.2, -0.15) is 0 Å². The van der Waals surface area contributed by atoms with Crippen LogP contribution in [-0.4, -0.2) is 53.8 Å². The van der Waals surface area contributed by atoms with E-state index >= 15 is 0 Å². The maximum atomic E-state index is 12.8. The van der Waals surface area contributed by atoms with Crippen LogP contribution in [0.3, 0.4) is 0 Å². The average molecular weight is 439 g/mol. The van der Waals surface area contributed by atoms with E-state index in [1.807, 2.05) is 4.90 Å². The van der Waals surface area contributed by atoms with Gasteiger partial charge in [0.1, 0.15) is 5.76 Å². The fourth-order valence-electron chi connectivity index (χ4n) is 5.66. The van der Waals surface area contributed by atoms with Crippen LogP contribution in [0.1, 0.15) is 66.2 Å². The first-order valence-corrected chi connectivity index (χ1v) is 11.5. The number of amides is 2. The summed E-state index contributed by atoms with van der Waals surface area (Å²) in [5.74, 6) is 0.641. The van der Waals surface area contributed by atoms with Gasteiger partial charge < -0.3 is 15.1 Å².